The van der Waals surface area contributed by atoms with E-state index in [1.165, 1.54) is 5.75 Å². The zero-order valence-electron chi connectivity index (χ0n) is 11.2. The van der Waals surface area contributed by atoms with Gasteiger partial charge in [-0.25, -0.2) is 4.79 Å². The first-order valence-electron chi connectivity index (χ1n) is 6.13. The van der Waals surface area contributed by atoms with Crippen molar-refractivity contribution in [1.82, 2.24) is 4.90 Å². The third-order valence-electron chi connectivity index (χ3n) is 2.55. The van der Waals surface area contributed by atoms with Crippen LogP contribution < -0.4 is 5.73 Å². The minimum atomic E-state index is -0.443. The fourth-order valence-corrected chi connectivity index (χ4v) is 2.44. The Labute approximate surface area is 108 Å². The van der Waals surface area contributed by atoms with E-state index in [0.29, 0.717) is 24.3 Å². The summed E-state index contributed by atoms with van der Waals surface area (Å²) in [6.07, 6.45) is -0.250. The highest BCUT2D eigenvalue weighted by Crippen LogP contribution is 2.36. The van der Waals surface area contributed by atoms with Crippen molar-refractivity contribution in [2.45, 2.75) is 38.5 Å². The molecule has 0 aliphatic carbocycles. The van der Waals surface area contributed by atoms with E-state index in [-0.39, 0.29) is 6.09 Å². The average Bonchev–Trinajstić information content (AvgIpc) is 2.97. The van der Waals surface area contributed by atoms with Gasteiger partial charge in [-0.05, 0) is 26.7 Å². The summed E-state index contributed by atoms with van der Waals surface area (Å²) in [7, 11) is 0. The summed E-state index contributed by atoms with van der Waals surface area (Å²) < 4.78 is 5.38. The number of nitrogens with two attached hydrogens (primary N) is 1. The van der Waals surface area contributed by atoms with Gasteiger partial charge in [0.1, 0.15) is 5.60 Å². The third kappa shape index (κ3) is 5.64. The summed E-state index contributed by atoms with van der Waals surface area (Å²) in [4.78, 5) is 13.7. The summed E-state index contributed by atoms with van der Waals surface area (Å²) in [5, 5.41) is 0.706. The molecule has 100 valence electrons. The minimum Gasteiger partial charge on any atom is -0.444 e. The van der Waals surface area contributed by atoms with Gasteiger partial charge in [0, 0.05) is 30.6 Å². The van der Waals surface area contributed by atoms with Gasteiger partial charge in [0.25, 0.3) is 0 Å². The molecule has 0 saturated carbocycles. The highest BCUT2D eigenvalue weighted by Gasteiger charge is 2.32. The Morgan fingerprint density at radius 1 is 1.59 bits per heavy atom. The van der Waals surface area contributed by atoms with Crippen LogP contribution in [0.3, 0.4) is 0 Å². The zero-order valence-corrected chi connectivity index (χ0v) is 12.0. The number of carbonyl (C=O) groups is 1. The normalized spacial score (nSPS) is 20.9. The van der Waals surface area contributed by atoms with E-state index in [1.54, 1.807) is 4.90 Å². The van der Waals surface area contributed by atoms with Crippen LogP contribution in [0.25, 0.3) is 0 Å². The SMILES string of the molecule is C[C@@H](CN(CCN)C(=O)OC(C)(C)C)C1CS1. The molecule has 0 aromatic heterocycles. The van der Waals surface area contributed by atoms with Crippen LogP contribution in [0.1, 0.15) is 27.7 Å². The van der Waals surface area contributed by atoms with E-state index in [0.717, 1.165) is 6.54 Å². The topological polar surface area (TPSA) is 55.6 Å². The lowest BCUT2D eigenvalue weighted by Crippen LogP contribution is -2.42. The molecular formula is C12H24N2O2S. The molecule has 0 radical (unpaired) electrons. The van der Waals surface area contributed by atoms with Gasteiger partial charge in [-0.2, -0.15) is 11.8 Å². The first kappa shape index (κ1) is 14.6. The van der Waals surface area contributed by atoms with Crippen molar-refractivity contribution in [3.8, 4) is 0 Å². The van der Waals surface area contributed by atoms with E-state index < -0.39 is 5.60 Å². The molecule has 1 unspecified atom stereocenters. The van der Waals surface area contributed by atoms with Gasteiger partial charge in [0.2, 0.25) is 0 Å². The quantitative estimate of drug-likeness (QED) is 0.767. The molecule has 1 rings (SSSR count). The first-order chi connectivity index (χ1) is 7.83. The van der Waals surface area contributed by atoms with Crippen molar-refractivity contribution in [3.63, 3.8) is 0 Å². The molecule has 1 aliphatic rings. The number of rotatable bonds is 5. The summed E-state index contributed by atoms with van der Waals surface area (Å²) in [5.74, 6) is 1.73. The van der Waals surface area contributed by atoms with E-state index in [1.807, 2.05) is 32.5 Å². The van der Waals surface area contributed by atoms with E-state index in [9.17, 15) is 4.79 Å². The number of thioether (sulfide) groups is 1. The molecule has 5 heteroatoms. The second-order valence-electron chi connectivity index (χ2n) is 5.56. The van der Waals surface area contributed by atoms with Gasteiger partial charge in [0.15, 0.2) is 0 Å². The molecule has 2 N–H and O–H groups in total. The van der Waals surface area contributed by atoms with Crippen LogP contribution in [0, 0.1) is 5.92 Å². The Balaban J connectivity index is 2.48. The summed E-state index contributed by atoms with van der Waals surface area (Å²) in [5.41, 5.74) is 5.10. The molecule has 1 aliphatic heterocycles. The molecule has 0 bridgehead atoms. The molecule has 2 atom stereocenters. The second-order valence-corrected chi connectivity index (χ2v) is 6.84. The lowest BCUT2D eigenvalue weighted by atomic mass is 10.1. The van der Waals surface area contributed by atoms with Crippen molar-refractivity contribution in [2.24, 2.45) is 11.7 Å². The predicted octanol–water partition coefficient (Wildman–Crippen LogP) is 1.93. The zero-order chi connectivity index (χ0) is 13.1. The molecule has 4 nitrogen and oxygen atoms in total. The Hall–Kier alpha value is -0.420. The van der Waals surface area contributed by atoms with Crippen LogP contribution in [0.15, 0.2) is 0 Å². The maximum Gasteiger partial charge on any atom is 0.410 e. The molecule has 0 aromatic carbocycles. The lowest BCUT2D eigenvalue weighted by Gasteiger charge is -2.28. The van der Waals surface area contributed by atoms with Crippen molar-refractivity contribution in [2.75, 3.05) is 25.4 Å². The van der Waals surface area contributed by atoms with Crippen LogP contribution >= 0.6 is 11.8 Å². The highest BCUT2D eigenvalue weighted by molar-refractivity contribution is 8.06. The van der Waals surface area contributed by atoms with E-state index >= 15 is 0 Å². The molecule has 1 amide bonds. The number of ether oxygens (including phenoxy) is 1. The van der Waals surface area contributed by atoms with Gasteiger partial charge in [-0.1, -0.05) is 6.92 Å². The van der Waals surface area contributed by atoms with Gasteiger partial charge < -0.3 is 15.4 Å². The van der Waals surface area contributed by atoms with Gasteiger partial charge in [0.05, 0.1) is 0 Å². The fourth-order valence-electron chi connectivity index (χ4n) is 1.59. The maximum atomic E-state index is 12.0. The third-order valence-corrected chi connectivity index (χ3v) is 3.74. The molecule has 0 spiro atoms. The van der Waals surface area contributed by atoms with Crippen LogP contribution in [-0.2, 0) is 4.74 Å². The fraction of sp³-hybridized carbons (Fsp3) is 0.917. The summed E-state index contributed by atoms with van der Waals surface area (Å²) in [6.45, 7) is 9.60. The van der Waals surface area contributed by atoms with Crippen molar-refractivity contribution in [3.05, 3.63) is 0 Å². The van der Waals surface area contributed by atoms with Gasteiger partial charge in [-0.3, -0.25) is 0 Å². The van der Waals surface area contributed by atoms with Crippen molar-refractivity contribution in [1.29, 1.82) is 0 Å². The summed E-state index contributed by atoms with van der Waals surface area (Å²) in [6, 6.07) is 0. The van der Waals surface area contributed by atoms with Crippen LogP contribution in [-0.4, -0.2) is 47.2 Å². The lowest BCUT2D eigenvalue weighted by molar-refractivity contribution is 0.0232. The van der Waals surface area contributed by atoms with Gasteiger partial charge >= 0.3 is 6.09 Å². The average molecular weight is 260 g/mol. The Morgan fingerprint density at radius 2 is 2.18 bits per heavy atom. The number of hydrogen-bond donors (Lipinski definition) is 1. The molecule has 0 aromatic rings. The van der Waals surface area contributed by atoms with Crippen LogP contribution in [0.2, 0.25) is 0 Å². The van der Waals surface area contributed by atoms with Crippen LogP contribution in [0.5, 0.6) is 0 Å². The Kier molecular flexibility index (Phi) is 5.13. The van der Waals surface area contributed by atoms with Crippen molar-refractivity contribution < 1.29 is 9.53 Å². The van der Waals surface area contributed by atoms with Crippen molar-refractivity contribution >= 4 is 17.9 Å². The number of nitrogens with zero attached hydrogens (tertiary/aromatic N) is 1. The minimum absolute atomic E-state index is 0.250. The number of amides is 1. The second kappa shape index (κ2) is 5.96. The van der Waals surface area contributed by atoms with Gasteiger partial charge in [-0.15, -0.1) is 0 Å². The monoisotopic (exact) mass is 260 g/mol. The Morgan fingerprint density at radius 3 is 2.59 bits per heavy atom. The molecule has 1 saturated heterocycles. The van der Waals surface area contributed by atoms with E-state index in [2.05, 4.69) is 6.92 Å². The number of hydrogen-bond acceptors (Lipinski definition) is 4. The van der Waals surface area contributed by atoms with E-state index in [4.69, 9.17) is 10.5 Å². The maximum absolute atomic E-state index is 12.0. The largest absolute Gasteiger partial charge is 0.444 e. The van der Waals surface area contributed by atoms with Crippen LogP contribution in [0.4, 0.5) is 4.79 Å². The smallest absolute Gasteiger partial charge is 0.410 e. The predicted molar refractivity (Wildman–Crippen MR) is 72.3 cm³/mol. The summed E-state index contributed by atoms with van der Waals surface area (Å²) >= 11 is 1.95. The first-order valence-corrected chi connectivity index (χ1v) is 7.18. The molecular weight excluding hydrogens is 236 g/mol. The molecule has 17 heavy (non-hydrogen) atoms. The highest BCUT2D eigenvalue weighted by atomic mass is 32.2. The standard InChI is InChI=1S/C12H24N2O2S/c1-9(10-8-17-10)7-14(6-5-13)11(15)16-12(2,3)4/h9-10H,5-8,13H2,1-4H3/t9-,10?/m0/s1. The number of carbonyl (C=O) groups excluding carboxylic acids is 1. The molecule has 1 heterocycles. The Bertz CT molecular complexity index is 262. The molecule has 1 fully saturated rings.